The number of hydrogen-bond acceptors (Lipinski definition) is 4. The van der Waals surface area contributed by atoms with Gasteiger partial charge < -0.3 is 0 Å². The molecule has 2 aromatic rings. The Morgan fingerprint density at radius 1 is 0.895 bits per heavy atom. The molecule has 6 nitrogen and oxygen atoms in total. The highest BCUT2D eigenvalue weighted by Gasteiger charge is 1.96. The fraction of sp³-hybridized carbons (Fsp3) is 0. The van der Waals surface area contributed by atoms with Gasteiger partial charge in [-0.2, -0.15) is 10.9 Å². The molecule has 0 amide bonds. The molecule has 0 fully saturated rings. The molecule has 0 atom stereocenters. The molecular weight excluding hydrogens is 260 g/mol. The highest BCUT2D eigenvalue weighted by atomic mass is 32.1. The van der Waals surface area contributed by atoms with Crippen LogP contribution in [0.4, 0.5) is 11.6 Å². The van der Waals surface area contributed by atoms with Crippen molar-refractivity contribution < 1.29 is 0 Å². The molecule has 2 rings (SSSR count). The maximum atomic E-state index is 4.13. The zero-order valence-corrected chi connectivity index (χ0v) is 10.9. The molecule has 0 unspecified atom stereocenters. The first-order valence-electron chi connectivity index (χ1n) is 5.53. The van der Waals surface area contributed by atoms with Crippen LogP contribution in [0.25, 0.3) is 0 Å². The Morgan fingerprint density at radius 3 is 1.79 bits per heavy atom. The molecule has 4 N–H and O–H groups in total. The molecule has 19 heavy (non-hydrogen) atoms. The van der Waals surface area contributed by atoms with Gasteiger partial charge in [-0.25, -0.2) is 9.97 Å². The molecule has 0 aliphatic rings. The third-order valence-electron chi connectivity index (χ3n) is 2.08. The normalized spacial score (nSPS) is 9.68. The highest BCUT2D eigenvalue weighted by Crippen LogP contribution is 1.98. The van der Waals surface area contributed by atoms with Crippen molar-refractivity contribution >= 4 is 33.6 Å². The molecule has 0 saturated heterocycles. The summed E-state index contributed by atoms with van der Waals surface area (Å²) in [6.07, 6.45) is 3.42. The van der Waals surface area contributed by atoms with E-state index in [-0.39, 0.29) is 0 Å². The quantitative estimate of drug-likeness (QED) is 0.497. The van der Waals surface area contributed by atoms with Gasteiger partial charge in [0.1, 0.15) is 16.7 Å². The Kier molecular flexibility index (Phi) is 5.06. The first-order valence-corrected chi connectivity index (χ1v) is 6.52. The number of nitrogens with one attached hydrogen (secondary N) is 4. The summed E-state index contributed by atoms with van der Waals surface area (Å²) in [6.45, 7) is 0. The van der Waals surface area contributed by atoms with Crippen molar-refractivity contribution in [3.8, 4) is 0 Å². The Labute approximate surface area is 114 Å². The van der Waals surface area contributed by atoms with Crippen LogP contribution in [0.15, 0.2) is 48.8 Å². The Morgan fingerprint density at radius 2 is 1.42 bits per heavy atom. The summed E-state index contributed by atoms with van der Waals surface area (Å²) in [7, 11) is 1.27. The van der Waals surface area contributed by atoms with E-state index in [1.165, 1.54) is 10.9 Å². The van der Waals surface area contributed by atoms with Crippen molar-refractivity contribution in [3.63, 3.8) is 0 Å². The van der Waals surface area contributed by atoms with Crippen LogP contribution in [0.1, 0.15) is 0 Å². The third-order valence-corrected chi connectivity index (χ3v) is 2.58. The van der Waals surface area contributed by atoms with Crippen LogP contribution < -0.4 is 21.7 Å². The van der Waals surface area contributed by atoms with Gasteiger partial charge in [0.05, 0.1) is 0 Å². The van der Waals surface area contributed by atoms with E-state index >= 15 is 0 Å². The summed E-state index contributed by atoms with van der Waals surface area (Å²) in [5.74, 6) is 5.18. The zero-order valence-electron chi connectivity index (χ0n) is 10.1. The Hall–Kier alpha value is -2.22. The second-order valence-electron chi connectivity index (χ2n) is 3.40. The minimum atomic E-state index is 0.691. The maximum absolute atomic E-state index is 4.13. The SMILES string of the molecule is C=S=C(NNc1ccccn1)NNc1ccccn1. The summed E-state index contributed by atoms with van der Waals surface area (Å²) in [6, 6.07) is 11.2. The molecule has 0 aliphatic heterocycles. The average Bonchev–Trinajstić information content (AvgIpc) is 2.49. The summed E-state index contributed by atoms with van der Waals surface area (Å²) >= 11 is 0. The van der Waals surface area contributed by atoms with E-state index in [9.17, 15) is 0 Å². The standard InChI is InChI=1S/C12H14N6S/c1-19-12(17-15-10-6-2-4-8-13-10)18-16-11-7-3-5-9-14-11/h2-9,17-18H,1H2,(H,13,15)(H,14,16). The van der Waals surface area contributed by atoms with Crippen LogP contribution in [-0.2, 0) is 0 Å². The molecule has 0 aromatic carbocycles. The van der Waals surface area contributed by atoms with Crippen LogP contribution in [0.2, 0.25) is 0 Å². The lowest BCUT2D eigenvalue weighted by molar-refractivity contribution is 0.996. The van der Waals surface area contributed by atoms with Crippen LogP contribution in [0.5, 0.6) is 0 Å². The molecule has 0 saturated carbocycles. The van der Waals surface area contributed by atoms with Crippen molar-refractivity contribution in [1.82, 2.24) is 20.8 Å². The lowest BCUT2D eigenvalue weighted by Crippen LogP contribution is -2.42. The Bertz CT molecular complexity index is 507. The first-order chi connectivity index (χ1) is 9.38. The summed E-state index contributed by atoms with van der Waals surface area (Å²) in [4.78, 5) is 8.25. The summed E-state index contributed by atoms with van der Waals surface area (Å²) in [5, 5.41) is 0.691. The Balaban J connectivity index is 1.83. The van der Waals surface area contributed by atoms with E-state index < -0.39 is 0 Å². The van der Waals surface area contributed by atoms with Gasteiger partial charge in [0, 0.05) is 12.4 Å². The monoisotopic (exact) mass is 274 g/mol. The van der Waals surface area contributed by atoms with Gasteiger partial charge in [-0.15, -0.1) is 10.9 Å². The molecule has 2 heterocycles. The maximum Gasteiger partial charge on any atom is 0.149 e. The van der Waals surface area contributed by atoms with Gasteiger partial charge >= 0.3 is 0 Å². The topological polar surface area (TPSA) is 73.9 Å². The molecule has 2 aromatic heterocycles. The minimum Gasteiger partial charge on any atom is -0.300 e. The number of anilines is 2. The van der Waals surface area contributed by atoms with E-state index in [0.29, 0.717) is 16.7 Å². The highest BCUT2D eigenvalue weighted by molar-refractivity contribution is 7.95. The van der Waals surface area contributed by atoms with Gasteiger partial charge in [0.25, 0.3) is 0 Å². The summed E-state index contributed by atoms with van der Waals surface area (Å²) < 4.78 is 0. The van der Waals surface area contributed by atoms with Crippen molar-refractivity contribution in [2.75, 3.05) is 10.9 Å². The average molecular weight is 274 g/mol. The van der Waals surface area contributed by atoms with E-state index in [0.717, 1.165) is 0 Å². The second kappa shape index (κ2) is 7.27. The molecule has 0 spiro atoms. The molecular formula is C12H14N6S. The van der Waals surface area contributed by atoms with Crippen molar-refractivity contribution in [2.24, 2.45) is 0 Å². The number of hydrogen-bond donors (Lipinski definition) is 4. The van der Waals surface area contributed by atoms with Crippen molar-refractivity contribution in [3.05, 3.63) is 48.8 Å². The zero-order chi connectivity index (χ0) is 13.3. The number of rotatable bonds is 4. The van der Waals surface area contributed by atoms with Crippen molar-refractivity contribution in [2.45, 2.75) is 0 Å². The number of nitrogens with zero attached hydrogens (tertiary/aromatic N) is 2. The van der Waals surface area contributed by atoms with Crippen LogP contribution in [0.3, 0.4) is 0 Å². The van der Waals surface area contributed by atoms with Gasteiger partial charge in [-0.1, -0.05) is 12.1 Å². The predicted octanol–water partition coefficient (Wildman–Crippen LogP) is 1.26. The van der Waals surface area contributed by atoms with E-state index in [4.69, 9.17) is 0 Å². The largest absolute Gasteiger partial charge is 0.300 e. The van der Waals surface area contributed by atoms with Gasteiger partial charge in [-0.05, 0) is 30.1 Å². The number of pyridine rings is 2. The third kappa shape index (κ3) is 4.51. The molecule has 0 bridgehead atoms. The molecule has 98 valence electrons. The van der Waals surface area contributed by atoms with Crippen molar-refractivity contribution in [1.29, 1.82) is 0 Å². The minimum absolute atomic E-state index is 0.691. The van der Waals surface area contributed by atoms with Gasteiger partial charge in [0.2, 0.25) is 0 Å². The lowest BCUT2D eigenvalue weighted by atomic mass is 10.5. The van der Waals surface area contributed by atoms with Gasteiger partial charge in [-0.3, -0.25) is 10.9 Å². The number of aromatic nitrogens is 2. The van der Waals surface area contributed by atoms with E-state index in [1.54, 1.807) is 12.4 Å². The smallest absolute Gasteiger partial charge is 0.149 e. The van der Waals surface area contributed by atoms with Crippen LogP contribution in [-0.4, -0.2) is 21.0 Å². The lowest BCUT2D eigenvalue weighted by Gasteiger charge is -2.11. The first kappa shape index (κ1) is 13.2. The van der Waals surface area contributed by atoms with E-state index in [1.807, 2.05) is 36.4 Å². The molecule has 7 heteroatoms. The summed E-state index contributed by atoms with van der Waals surface area (Å²) in [5.41, 5.74) is 11.8. The number of hydrazine groups is 2. The second-order valence-corrected chi connectivity index (χ2v) is 4.10. The van der Waals surface area contributed by atoms with Crippen LogP contribution in [0, 0.1) is 0 Å². The van der Waals surface area contributed by atoms with Crippen LogP contribution >= 0.6 is 10.9 Å². The molecule has 0 aliphatic carbocycles. The predicted molar refractivity (Wildman–Crippen MR) is 81.7 cm³/mol. The molecule has 0 radical (unpaired) electrons. The van der Waals surface area contributed by atoms with Gasteiger partial charge in [0.15, 0.2) is 0 Å². The van der Waals surface area contributed by atoms with E-state index in [2.05, 4.69) is 37.5 Å². The fourth-order valence-corrected chi connectivity index (χ4v) is 1.46. The fourth-order valence-electron chi connectivity index (χ4n) is 1.22.